The summed E-state index contributed by atoms with van der Waals surface area (Å²) >= 11 is 0. The molecule has 128 valence electrons. The lowest BCUT2D eigenvalue weighted by atomic mass is 10.0. The van der Waals surface area contributed by atoms with Crippen LogP contribution in [0.25, 0.3) is 0 Å². The minimum atomic E-state index is -0.354. The van der Waals surface area contributed by atoms with E-state index in [2.05, 4.69) is 15.0 Å². The van der Waals surface area contributed by atoms with Gasteiger partial charge in [0.2, 0.25) is 5.91 Å². The van der Waals surface area contributed by atoms with Gasteiger partial charge >= 0.3 is 0 Å². The predicted molar refractivity (Wildman–Crippen MR) is 91.2 cm³/mol. The van der Waals surface area contributed by atoms with Crippen LogP contribution in [-0.2, 0) is 11.3 Å². The van der Waals surface area contributed by atoms with Gasteiger partial charge in [-0.2, -0.15) is 0 Å². The number of rotatable bonds is 5. The lowest BCUT2D eigenvalue weighted by Gasteiger charge is -2.38. The molecule has 1 unspecified atom stereocenters. The summed E-state index contributed by atoms with van der Waals surface area (Å²) in [5.74, 6) is 0.592. The Morgan fingerprint density at radius 2 is 1.88 bits per heavy atom. The number of aromatic nitrogens is 1. The van der Waals surface area contributed by atoms with E-state index in [9.17, 15) is 4.79 Å². The van der Waals surface area contributed by atoms with E-state index in [0.29, 0.717) is 0 Å². The molecule has 24 heavy (non-hydrogen) atoms. The van der Waals surface area contributed by atoms with Crippen molar-refractivity contribution in [1.29, 1.82) is 0 Å². The van der Waals surface area contributed by atoms with Crippen LogP contribution in [0.2, 0.25) is 0 Å². The smallest absolute Gasteiger partial charge is 0.239 e. The quantitative estimate of drug-likeness (QED) is 0.903. The highest BCUT2D eigenvalue weighted by Gasteiger charge is 2.29. The highest BCUT2D eigenvalue weighted by Crippen LogP contribution is 2.23. The topological polar surface area (TPSA) is 75.6 Å². The van der Waals surface area contributed by atoms with E-state index in [-0.39, 0.29) is 11.9 Å². The second-order valence-electron chi connectivity index (χ2n) is 6.33. The van der Waals surface area contributed by atoms with Gasteiger partial charge in [0, 0.05) is 38.3 Å². The lowest BCUT2D eigenvalue weighted by molar-refractivity contribution is -0.124. The van der Waals surface area contributed by atoms with E-state index in [1.807, 2.05) is 44.2 Å². The molecule has 1 aliphatic rings. The highest BCUT2D eigenvalue weighted by atomic mass is 16.5. The van der Waals surface area contributed by atoms with E-state index in [0.717, 1.165) is 55.3 Å². The van der Waals surface area contributed by atoms with Crippen molar-refractivity contribution in [2.45, 2.75) is 26.4 Å². The molecule has 1 aromatic carbocycles. The first-order chi connectivity index (χ1) is 11.6. The summed E-state index contributed by atoms with van der Waals surface area (Å²) in [5.41, 5.74) is 8.75. The zero-order chi connectivity index (χ0) is 17.1. The van der Waals surface area contributed by atoms with Crippen LogP contribution in [0.3, 0.4) is 0 Å². The van der Waals surface area contributed by atoms with Crippen LogP contribution in [-0.4, -0.2) is 47.0 Å². The normalized spacial score (nSPS) is 17.8. The van der Waals surface area contributed by atoms with Crippen LogP contribution >= 0.6 is 0 Å². The number of benzene rings is 1. The van der Waals surface area contributed by atoms with Crippen LogP contribution in [0.4, 0.5) is 0 Å². The Morgan fingerprint density at radius 3 is 2.42 bits per heavy atom. The average molecular weight is 328 g/mol. The van der Waals surface area contributed by atoms with Crippen molar-refractivity contribution in [2.24, 2.45) is 5.73 Å². The molecule has 0 spiro atoms. The number of hydrogen-bond acceptors (Lipinski definition) is 5. The summed E-state index contributed by atoms with van der Waals surface area (Å²) in [5, 5.41) is 4.01. The zero-order valence-electron chi connectivity index (χ0n) is 14.2. The van der Waals surface area contributed by atoms with Crippen molar-refractivity contribution in [2.75, 3.05) is 26.2 Å². The van der Waals surface area contributed by atoms with Crippen LogP contribution in [0.15, 0.2) is 34.9 Å². The van der Waals surface area contributed by atoms with Gasteiger partial charge in [-0.05, 0) is 19.4 Å². The van der Waals surface area contributed by atoms with Crippen molar-refractivity contribution >= 4 is 5.91 Å². The zero-order valence-corrected chi connectivity index (χ0v) is 14.2. The average Bonchev–Trinajstić information content (AvgIpc) is 2.89. The summed E-state index contributed by atoms with van der Waals surface area (Å²) in [6.45, 7) is 8.16. The largest absolute Gasteiger partial charge is 0.368 e. The van der Waals surface area contributed by atoms with Crippen LogP contribution in [0, 0.1) is 13.8 Å². The first kappa shape index (κ1) is 16.7. The van der Waals surface area contributed by atoms with Gasteiger partial charge in [0.05, 0.1) is 5.69 Å². The van der Waals surface area contributed by atoms with Crippen LogP contribution in [0.5, 0.6) is 0 Å². The van der Waals surface area contributed by atoms with E-state index >= 15 is 0 Å². The number of nitrogens with zero attached hydrogens (tertiary/aromatic N) is 3. The second-order valence-corrected chi connectivity index (χ2v) is 6.33. The van der Waals surface area contributed by atoms with E-state index in [4.69, 9.17) is 10.3 Å². The summed E-state index contributed by atoms with van der Waals surface area (Å²) in [7, 11) is 0. The molecule has 0 saturated carbocycles. The van der Waals surface area contributed by atoms with Gasteiger partial charge in [0.25, 0.3) is 0 Å². The maximum Gasteiger partial charge on any atom is 0.239 e. The maximum absolute atomic E-state index is 12.0. The fourth-order valence-corrected chi connectivity index (χ4v) is 3.32. The van der Waals surface area contributed by atoms with Crippen molar-refractivity contribution in [3.8, 4) is 0 Å². The molecule has 1 amide bonds. The summed E-state index contributed by atoms with van der Waals surface area (Å²) in [6.07, 6.45) is 0. The molecule has 0 radical (unpaired) electrons. The molecule has 1 saturated heterocycles. The molecule has 1 aromatic heterocycles. The Bertz CT molecular complexity index is 671. The Labute approximate surface area is 142 Å². The molecule has 1 fully saturated rings. The molecule has 1 atom stereocenters. The van der Waals surface area contributed by atoms with Gasteiger partial charge in [-0.3, -0.25) is 14.6 Å². The molecule has 6 heteroatoms. The third kappa shape index (κ3) is 3.49. The van der Waals surface area contributed by atoms with E-state index in [1.54, 1.807) is 0 Å². The van der Waals surface area contributed by atoms with Gasteiger partial charge in [0.1, 0.15) is 11.8 Å². The Morgan fingerprint density at radius 1 is 1.21 bits per heavy atom. The summed E-state index contributed by atoms with van der Waals surface area (Å²) in [4.78, 5) is 16.5. The molecule has 2 heterocycles. The first-order valence-electron chi connectivity index (χ1n) is 8.28. The number of primary amides is 1. The third-order valence-corrected chi connectivity index (χ3v) is 4.72. The molecule has 2 N–H and O–H groups in total. The second kappa shape index (κ2) is 7.15. The number of hydrogen-bond donors (Lipinski definition) is 1. The molecule has 2 aromatic rings. The van der Waals surface area contributed by atoms with Gasteiger partial charge in [-0.15, -0.1) is 0 Å². The number of carbonyl (C=O) groups excluding carboxylic acids is 1. The Kier molecular flexibility index (Phi) is 4.97. The molecular formula is C18H24N4O2. The Balaban J connectivity index is 1.64. The van der Waals surface area contributed by atoms with Crippen molar-refractivity contribution in [3.63, 3.8) is 0 Å². The van der Waals surface area contributed by atoms with E-state index in [1.165, 1.54) is 0 Å². The van der Waals surface area contributed by atoms with Crippen LogP contribution < -0.4 is 5.73 Å². The van der Waals surface area contributed by atoms with E-state index < -0.39 is 0 Å². The minimum Gasteiger partial charge on any atom is -0.368 e. The van der Waals surface area contributed by atoms with Gasteiger partial charge < -0.3 is 10.3 Å². The predicted octanol–water partition coefficient (Wildman–Crippen LogP) is 1.64. The van der Waals surface area contributed by atoms with Gasteiger partial charge in [-0.1, -0.05) is 35.5 Å². The molecule has 3 rings (SSSR count). The van der Waals surface area contributed by atoms with Crippen LogP contribution in [0.1, 0.15) is 28.6 Å². The van der Waals surface area contributed by atoms with Gasteiger partial charge in [-0.25, -0.2) is 0 Å². The molecular weight excluding hydrogens is 304 g/mol. The monoisotopic (exact) mass is 328 g/mol. The summed E-state index contributed by atoms with van der Waals surface area (Å²) in [6, 6.07) is 9.41. The Hall–Kier alpha value is -2.18. The van der Waals surface area contributed by atoms with Crippen molar-refractivity contribution in [1.82, 2.24) is 15.0 Å². The van der Waals surface area contributed by atoms with Crippen molar-refractivity contribution in [3.05, 3.63) is 52.9 Å². The SMILES string of the molecule is Cc1noc(C)c1CN1CCN(C(C(N)=O)c2ccccc2)CC1. The number of carbonyl (C=O) groups is 1. The number of piperazine rings is 1. The molecule has 0 aliphatic carbocycles. The summed E-state index contributed by atoms with van der Waals surface area (Å²) < 4.78 is 5.24. The number of amides is 1. The number of aryl methyl sites for hydroxylation is 2. The fraction of sp³-hybridized carbons (Fsp3) is 0.444. The fourth-order valence-electron chi connectivity index (χ4n) is 3.32. The highest BCUT2D eigenvalue weighted by molar-refractivity contribution is 5.81. The molecule has 6 nitrogen and oxygen atoms in total. The van der Waals surface area contributed by atoms with Gasteiger partial charge in [0.15, 0.2) is 0 Å². The third-order valence-electron chi connectivity index (χ3n) is 4.72. The maximum atomic E-state index is 12.0. The number of nitrogens with two attached hydrogens (primary N) is 1. The first-order valence-corrected chi connectivity index (χ1v) is 8.28. The van der Waals surface area contributed by atoms with Crippen molar-refractivity contribution < 1.29 is 9.32 Å². The standard InChI is InChI=1S/C18H24N4O2/c1-13-16(14(2)24-20-13)12-21-8-10-22(11-9-21)17(18(19)23)15-6-4-3-5-7-15/h3-7,17H,8-12H2,1-2H3,(H2,19,23). The molecule has 0 bridgehead atoms. The molecule has 1 aliphatic heterocycles. The minimum absolute atomic E-state index is 0.291. The lowest BCUT2D eigenvalue weighted by Crippen LogP contribution is -2.50.